The third-order valence-corrected chi connectivity index (χ3v) is 10.2. The van der Waals surface area contributed by atoms with Crippen molar-refractivity contribution in [2.75, 3.05) is 13.1 Å². The average molecular weight is 894 g/mol. The Labute approximate surface area is 361 Å². The van der Waals surface area contributed by atoms with Gasteiger partial charge in [-0.3, -0.25) is 33.8 Å². The van der Waals surface area contributed by atoms with E-state index in [1.165, 1.54) is 34.1 Å². The third kappa shape index (κ3) is 10.1. The van der Waals surface area contributed by atoms with Gasteiger partial charge in [-0.05, 0) is 80.4 Å². The van der Waals surface area contributed by atoms with Crippen molar-refractivity contribution in [3.63, 3.8) is 0 Å². The van der Waals surface area contributed by atoms with Gasteiger partial charge in [-0.2, -0.15) is 0 Å². The summed E-state index contributed by atoms with van der Waals surface area (Å²) >= 11 is 0. The third-order valence-electron chi connectivity index (χ3n) is 10.2. The van der Waals surface area contributed by atoms with Crippen LogP contribution in [-0.2, 0) is 42.2 Å². The van der Waals surface area contributed by atoms with Crippen molar-refractivity contribution >= 4 is 29.6 Å². The monoisotopic (exact) mass is 892 g/mol. The van der Waals surface area contributed by atoms with Crippen LogP contribution in [0, 0.1) is 17.0 Å². The minimum absolute atomic E-state index is 0. The summed E-state index contributed by atoms with van der Waals surface area (Å²) in [6.07, 6.45) is 7.97. The molecule has 0 bridgehead atoms. The van der Waals surface area contributed by atoms with Crippen LogP contribution >= 0.6 is 0 Å². The highest BCUT2D eigenvalue weighted by Crippen LogP contribution is 2.24. The minimum atomic E-state index is -0.619. The summed E-state index contributed by atoms with van der Waals surface area (Å²) in [6, 6.07) is 26.1. The van der Waals surface area contributed by atoms with Gasteiger partial charge in [0.15, 0.2) is 0 Å². The van der Waals surface area contributed by atoms with Crippen molar-refractivity contribution in [1.82, 2.24) is 23.9 Å². The normalized spacial score (nSPS) is 13.1. The van der Waals surface area contributed by atoms with Crippen LogP contribution in [0.1, 0.15) is 84.7 Å². The van der Waals surface area contributed by atoms with Gasteiger partial charge in [0.25, 0.3) is 23.6 Å². The van der Waals surface area contributed by atoms with Gasteiger partial charge in [-0.15, -0.1) is 0 Å². The standard InChI is InChI=1S/C26H27FN3O4.C20H16FN3O2.BrH/c1-26(2,3)25(33)34-17-28-15-20(29(16-28)14-18-8-10-19(27)11-9-18)12-13-30-23(31)21-6-4-5-7-22(21)24(30)32;21-15-7-5-14(6-8-15)12-23-13-22-11-16(23)9-10-24-19(25)17-3-1-2-4-18(17)20(24)26;/h4-11,15-16H,12-14,17H2,1-3H3;1-8,11,13H,9-10,12H2;1H/q+1;;/p-1. The van der Waals surface area contributed by atoms with Crippen molar-refractivity contribution in [3.05, 3.63) is 179 Å². The highest BCUT2D eigenvalue weighted by atomic mass is 79.9. The fourth-order valence-corrected chi connectivity index (χ4v) is 6.93. The zero-order valence-corrected chi connectivity index (χ0v) is 35.3. The minimum Gasteiger partial charge on any atom is -1.00 e. The Morgan fingerprint density at radius 3 is 1.51 bits per heavy atom. The first kappa shape index (κ1) is 44.0. The van der Waals surface area contributed by atoms with Crippen LogP contribution in [0.4, 0.5) is 8.78 Å². The molecule has 4 amide bonds. The highest BCUT2D eigenvalue weighted by Gasteiger charge is 2.36. The Morgan fingerprint density at radius 2 is 1.07 bits per heavy atom. The highest BCUT2D eigenvalue weighted by molar-refractivity contribution is 6.22. The molecule has 4 heterocycles. The number of carbonyl (C=O) groups is 5. The second-order valence-corrected chi connectivity index (χ2v) is 15.6. The molecule has 12 nitrogen and oxygen atoms in total. The van der Waals surface area contributed by atoms with Crippen molar-refractivity contribution < 1.29 is 59.0 Å². The van der Waals surface area contributed by atoms with Gasteiger partial charge in [-0.25, -0.2) is 22.9 Å². The van der Waals surface area contributed by atoms with Gasteiger partial charge in [0, 0.05) is 44.4 Å². The number of imide groups is 2. The molecule has 0 atom stereocenters. The zero-order valence-electron chi connectivity index (χ0n) is 33.8. The topological polar surface area (TPSA) is 128 Å². The van der Waals surface area contributed by atoms with E-state index in [4.69, 9.17) is 4.74 Å². The van der Waals surface area contributed by atoms with Crippen molar-refractivity contribution in [2.24, 2.45) is 5.41 Å². The van der Waals surface area contributed by atoms with E-state index in [0.29, 0.717) is 54.7 Å². The summed E-state index contributed by atoms with van der Waals surface area (Å²) < 4.78 is 37.4. The zero-order chi connectivity index (χ0) is 42.6. The summed E-state index contributed by atoms with van der Waals surface area (Å²) in [5.74, 6) is -2.02. The molecule has 2 aliphatic heterocycles. The number of hydrogen-bond donors (Lipinski definition) is 0. The van der Waals surface area contributed by atoms with Crippen molar-refractivity contribution in [3.8, 4) is 0 Å². The number of imidazole rings is 2. The Kier molecular flexibility index (Phi) is 13.5. The first-order valence-electron chi connectivity index (χ1n) is 19.4. The lowest BCUT2D eigenvalue weighted by atomic mass is 9.98. The van der Waals surface area contributed by atoms with E-state index in [0.717, 1.165) is 22.5 Å². The van der Waals surface area contributed by atoms with Crippen LogP contribution in [0.3, 0.4) is 0 Å². The van der Waals surface area contributed by atoms with Gasteiger partial charge in [-0.1, -0.05) is 48.5 Å². The lowest BCUT2D eigenvalue weighted by molar-refractivity contribution is -0.727. The number of hydrogen-bond acceptors (Lipinski definition) is 7. The molecule has 6 aromatic rings. The quantitative estimate of drug-likeness (QED) is 0.105. The fraction of sp³-hybridized carbons (Fsp3) is 0.239. The molecule has 0 aliphatic carbocycles. The Bertz CT molecular complexity index is 2510. The maximum Gasteiger partial charge on any atom is 0.314 e. The number of amides is 4. The van der Waals surface area contributed by atoms with Crippen LogP contribution in [0.15, 0.2) is 122 Å². The molecular formula is C46H43BrF2N6O6. The van der Waals surface area contributed by atoms with E-state index >= 15 is 0 Å². The molecule has 8 rings (SSSR count). The summed E-state index contributed by atoms with van der Waals surface area (Å²) in [7, 11) is 0. The van der Waals surface area contributed by atoms with Crippen molar-refractivity contribution in [2.45, 2.75) is 53.4 Å². The number of benzene rings is 4. The van der Waals surface area contributed by atoms with E-state index in [9.17, 15) is 32.8 Å². The molecule has 0 radical (unpaired) electrons. The second kappa shape index (κ2) is 18.8. The number of aromatic nitrogens is 4. The number of carbonyl (C=O) groups excluding carboxylic acids is 5. The SMILES string of the molecule is CC(C)(C)C(=O)OC[n+]1cc(CCN2C(=O)c3ccccc3C2=O)n(Cc2ccc(F)cc2)c1.O=C1c2ccccc2C(=O)N1CCc1cncn1Cc1ccc(F)cc1.[Br-]. The molecule has 4 aromatic carbocycles. The average Bonchev–Trinajstić information content (AvgIpc) is 3.97. The molecule has 15 heteroatoms. The number of ether oxygens (including phenoxy) is 1. The van der Waals surface area contributed by atoms with Gasteiger partial charge in [0.1, 0.15) is 30.1 Å². The van der Waals surface area contributed by atoms with Crippen LogP contribution in [0.5, 0.6) is 0 Å². The molecule has 0 unspecified atom stereocenters. The molecule has 61 heavy (non-hydrogen) atoms. The first-order valence-corrected chi connectivity index (χ1v) is 19.4. The van der Waals surface area contributed by atoms with Gasteiger partial charge in [0.2, 0.25) is 13.1 Å². The summed E-state index contributed by atoms with van der Waals surface area (Å²) in [4.78, 5) is 69.1. The maximum atomic E-state index is 13.3. The summed E-state index contributed by atoms with van der Waals surface area (Å²) in [6.45, 7) is 6.90. The molecule has 0 spiro atoms. The smallest absolute Gasteiger partial charge is 0.314 e. The van der Waals surface area contributed by atoms with Gasteiger partial charge in [0.05, 0.1) is 34.0 Å². The van der Waals surface area contributed by atoms with Crippen LogP contribution < -0.4 is 21.5 Å². The number of nitrogens with zero attached hydrogens (tertiary/aromatic N) is 6. The Morgan fingerprint density at radius 1 is 0.639 bits per heavy atom. The Hall–Kier alpha value is -6.61. The largest absolute Gasteiger partial charge is 1.00 e. The first-order chi connectivity index (χ1) is 28.8. The van der Waals surface area contributed by atoms with Crippen LogP contribution in [-0.4, -0.2) is 66.6 Å². The van der Waals surface area contributed by atoms with Gasteiger partial charge < -0.3 is 26.3 Å². The molecule has 0 N–H and O–H groups in total. The van der Waals surface area contributed by atoms with E-state index < -0.39 is 5.41 Å². The van der Waals surface area contributed by atoms with Crippen LogP contribution in [0.2, 0.25) is 0 Å². The lowest BCUT2D eigenvalue weighted by Crippen LogP contribution is -3.00. The van der Waals surface area contributed by atoms with Crippen LogP contribution in [0.25, 0.3) is 0 Å². The Balaban J connectivity index is 0.000000207. The van der Waals surface area contributed by atoms with E-state index in [-0.39, 0.29) is 71.5 Å². The maximum absolute atomic E-state index is 13.3. The van der Waals surface area contributed by atoms with E-state index in [1.54, 1.807) is 117 Å². The predicted molar refractivity (Wildman–Crippen MR) is 214 cm³/mol. The number of halogens is 3. The number of rotatable bonds is 12. The number of fused-ring (bicyclic) bond motifs is 2. The molecule has 0 saturated heterocycles. The van der Waals surface area contributed by atoms with Gasteiger partial charge >= 0.3 is 5.97 Å². The predicted octanol–water partition coefficient (Wildman–Crippen LogP) is 3.26. The lowest BCUT2D eigenvalue weighted by Gasteiger charge is -2.15. The molecular weight excluding hydrogens is 850 g/mol. The van der Waals surface area contributed by atoms with Crippen molar-refractivity contribution in [1.29, 1.82) is 0 Å². The molecule has 2 aromatic heterocycles. The second-order valence-electron chi connectivity index (χ2n) is 15.6. The van der Waals surface area contributed by atoms with E-state index in [2.05, 4.69) is 4.98 Å². The summed E-state index contributed by atoms with van der Waals surface area (Å²) in [5, 5.41) is 0. The molecule has 0 saturated carbocycles. The molecule has 0 fully saturated rings. The number of esters is 1. The fourth-order valence-electron chi connectivity index (χ4n) is 6.93. The summed E-state index contributed by atoms with van der Waals surface area (Å²) in [5.41, 5.74) is 4.71. The van der Waals surface area contributed by atoms with E-state index in [1.807, 2.05) is 15.3 Å². The molecule has 314 valence electrons. The molecule has 2 aliphatic rings.